The summed E-state index contributed by atoms with van der Waals surface area (Å²) in [5.74, 6) is -0.178. The first kappa shape index (κ1) is 16.4. The minimum Gasteiger partial charge on any atom is -0.383 e. The van der Waals surface area contributed by atoms with Gasteiger partial charge in [0.05, 0.1) is 11.6 Å². The smallest absolute Gasteiger partial charge is 0.231 e. The largest absolute Gasteiger partial charge is 0.383 e. The third-order valence-electron chi connectivity index (χ3n) is 4.57. The van der Waals surface area contributed by atoms with Gasteiger partial charge in [-0.2, -0.15) is 0 Å². The van der Waals surface area contributed by atoms with Crippen LogP contribution in [0.3, 0.4) is 0 Å². The van der Waals surface area contributed by atoms with Crippen LogP contribution >= 0.6 is 0 Å². The number of amides is 1. The Morgan fingerprint density at radius 3 is 2.69 bits per heavy atom. The van der Waals surface area contributed by atoms with E-state index >= 15 is 0 Å². The summed E-state index contributed by atoms with van der Waals surface area (Å²) in [5, 5.41) is 4.15. The number of carbonyl (C=O) groups excluding carboxylic acids is 1. The lowest BCUT2D eigenvalue weighted by Gasteiger charge is -2.10. The minimum atomic E-state index is -1.04. The molecule has 3 N–H and O–H groups in total. The molecule has 0 unspecified atom stereocenters. The Morgan fingerprint density at radius 2 is 2.00 bits per heavy atom. The van der Waals surface area contributed by atoms with Crippen molar-refractivity contribution in [3.05, 3.63) is 41.9 Å². The molecule has 2 atom stereocenters. The first-order valence-corrected chi connectivity index (χ1v) is 8.37. The van der Waals surface area contributed by atoms with Gasteiger partial charge in [0.15, 0.2) is 0 Å². The molecule has 1 saturated carbocycles. The Kier molecular flexibility index (Phi) is 3.79. The first-order chi connectivity index (χ1) is 12.4. The molecule has 3 heterocycles. The maximum atomic E-state index is 13.0. The maximum absolute atomic E-state index is 13.0. The molecular formula is C19H18FN5O. The minimum absolute atomic E-state index is 0.278. The van der Waals surface area contributed by atoms with E-state index in [1.807, 2.05) is 26.0 Å². The molecule has 1 fully saturated rings. The fraction of sp³-hybridized carbons (Fsp3) is 0.263. The summed E-state index contributed by atoms with van der Waals surface area (Å²) in [5.41, 5.74) is 9.67. The van der Waals surface area contributed by atoms with E-state index in [2.05, 4.69) is 20.3 Å². The molecule has 7 heteroatoms. The van der Waals surface area contributed by atoms with Crippen LogP contribution in [-0.4, -0.2) is 27.0 Å². The highest BCUT2D eigenvalue weighted by Gasteiger charge is 2.43. The van der Waals surface area contributed by atoms with Gasteiger partial charge in [-0.05, 0) is 49.4 Å². The lowest BCUT2D eigenvalue weighted by molar-refractivity contribution is -0.117. The fourth-order valence-corrected chi connectivity index (χ4v) is 3.00. The van der Waals surface area contributed by atoms with E-state index in [9.17, 15) is 9.18 Å². The van der Waals surface area contributed by atoms with Crippen LogP contribution in [-0.2, 0) is 4.79 Å². The molecule has 0 radical (unpaired) electrons. The van der Waals surface area contributed by atoms with Crippen molar-refractivity contribution in [2.75, 3.05) is 11.1 Å². The van der Waals surface area contributed by atoms with Gasteiger partial charge in [-0.3, -0.25) is 9.78 Å². The summed E-state index contributed by atoms with van der Waals surface area (Å²) < 4.78 is 13.0. The number of hydrogen-bond donors (Lipinski definition) is 2. The van der Waals surface area contributed by atoms with Gasteiger partial charge < -0.3 is 11.1 Å². The molecule has 0 aliphatic heterocycles. The second-order valence-electron chi connectivity index (χ2n) is 6.67. The predicted octanol–water partition coefficient (Wildman–Crippen LogP) is 3.19. The summed E-state index contributed by atoms with van der Waals surface area (Å²) in [6, 6.07) is 5.59. The van der Waals surface area contributed by atoms with E-state index in [1.54, 1.807) is 18.5 Å². The van der Waals surface area contributed by atoms with E-state index in [4.69, 9.17) is 5.73 Å². The molecule has 132 valence electrons. The monoisotopic (exact) mass is 351 g/mol. The zero-order valence-electron chi connectivity index (χ0n) is 14.5. The van der Waals surface area contributed by atoms with E-state index in [-0.39, 0.29) is 12.3 Å². The zero-order valence-corrected chi connectivity index (χ0v) is 14.5. The molecule has 0 spiro atoms. The van der Waals surface area contributed by atoms with Crippen molar-refractivity contribution < 1.29 is 9.18 Å². The van der Waals surface area contributed by atoms with Crippen molar-refractivity contribution in [1.82, 2.24) is 15.0 Å². The Hall–Kier alpha value is -3.09. The van der Waals surface area contributed by atoms with Crippen molar-refractivity contribution in [3.8, 4) is 11.3 Å². The highest BCUT2D eigenvalue weighted by molar-refractivity contribution is 5.98. The Balaban J connectivity index is 1.73. The molecule has 26 heavy (non-hydrogen) atoms. The molecule has 0 saturated heterocycles. The average molecular weight is 351 g/mol. The fourth-order valence-electron chi connectivity index (χ4n) is 3.00. The maximum Gasteiger partial charge on any atom is 0.231 e. The number of nitrogens with zero attached hydrogens (tertiary/aromatic N) is 3. The van der Waals surface area contributed by atoms with Crippen LogP contribution in [0.4, 0.5) is 16.0 Å². The summed E-state index contributed by atoms with van der Waals surface area (Å²) in [6.45, 7) is 3.93. The molecule has 3 aromatic rings. The molecule has 1 aliphatic rings. The second kappa shape index (κ2) is 6.01. The van der Waals surface area contributed by atoms with Crippen molar-refractivity contribution >= 4 is 28.3 Å². The number of aryl methyl sites for hydroxylation is 2. The normalized spacial score (nSPS) is 18.7. The van der Waals surface area contributed by atoms with Gasteiger partial charge in [0.2, 0.25) is 5.91 Å². The molecule has 3 aromatic heterocycles. The van der Waals surface area contributed by atoms with Gasteiger partial charge in [0.1, 0.15) is 17.8 Å². The van der Waals surface area contributed by atoms with Crippen LogP contribution in [0, 0.1) is 19.8 Å². The van der Waals surface area contributed by atoms with E-state index < -0.39 is 12.1 Å². The summed E-state index contributed by atoms with van der Waals surface area (Å²) in [4.78, 5) is 24.9. The number of halogens is 1. The number of nitrogens with one attached hydrogen (secondary N) is 1. The zero-order chi connectivity index (χ0) is 18.4. The van der Waals surface area contributed by atoms with Crippen LogP contribution in [0.25, 0.3) is 22.0 Å². The summed E-state index contributed by atoms with van der Waals surface area (Å²) in [6.07, 6.45) is 2.58. The average Bonchev–Trinajstić information content (AvgIpc) is 3.31. The lowest BCUT2D eigenvalue weighted by atomic mass is 10.0. The third kappa shape index (κ3) is 2.96. The SMILES string of the molecule is Cc1cc(C)c(-c2cc3cc(NC(=O)[C@@H]4C[C@@H]4F)ncc3c(N)n2)cn1. The van der Waals surface area contributed by atoms with Crippen molar-refractivity contribution in [3.63, 3.8) is 0 Å². The number of anilines is 2. The number of nitrogen functional groups attached to an aromatic ring is 1. The molecule has 0 bridgehead atoms. The number of hydrogen-bond acceptors (Lipinski definition) is 5. The quantitative estimate of drug-likeness (QED) is 0.756. The van der Waals surface area contributed by atoms with Crippen LogP contribution in [0.15, 0.2) is 30.6 Å². The number of rotatable bonds is 3. The first-order valence-electron chi connectivity index (χ1n) is 8.37. The van der Waals surface area contributed by atoms with Gasteiger partial charge in [-0.25, -0.2) is 14.4 Å². The highest BCUT2D eigenvalue weighted by Crippen LogP contribution is 2.35. The van der Waals surface area contributed by atoms with E-state index in [0.717, 1.165) is 22.2 Å². The number of pyridine rings is 3. The topological polar surface area (TPSA) is 93.8 Å². The second-order valence-corrected chi connectivity index (χ2v) is 6.67. The number of aromatic nitrogens is 3. The number of nitrogens with two attached hydrogens (primary N) is 1. The summed E-state index contributed by atoms with van der Waals surface area (Å²) in [7, 11) is 0. The number of alkyl halides is 1. The number of carbonyl (C=O) groups is 1. The van der Waals surface area contributed by atoms with Gasteiger partial charge in [0.25, 0.3) is 0 Å². The van der Waals surface area contributed by atoms with Crippen molar-refractivity contribution in [2.45, 2.75) is 26.4 Å². The predicted molar refractivity (Wildman–Crippen MR) is 98.3 cm³/mol. The Labute approximate surface area is 149 Å². The molecule has 1 amide bonds. The van der Waals surface area contributed by atoms with Crippen molar-refractivity contribution in [2.24, 2.45) is 5.92 Å². The molecule has 0 aromatic carbocycles. The van der Waals surface area contributed by atoms with Crippen molar-refractivity contribution in [1.29, 1.82) is 0 Å². The standard InChI is InChI=1S/C19H18FN5O/c1-9-3-10(2)22-7-13(9)16-4-11-5-17(23-8-14(11)18(21)24-16)25-19(26)12-6-15(12)20/h3-5,7-8,12,15H,6H2,1-2H3,(H2,21,24)(H,23,25,26)/t12-,15+/m1/s1. The van der Waals surface area contributed by atoms with Crippen LogP contribution in [0.1, 0.15) is 17.7 Å². The van der Waals surface area contributed by atoms with Gasteiger partial charge in [-0.1, -0.05) is 0 Å². The van der Waals surface area contributed by atoms with Crippen LogP contribution < -0.4 is 11.1 Å². The lowest BCUT2D eigenvalue weighted by Crippen LogP contribution is -2.15. The Morgan fingerprint density at radius 1 is 1.23 bits per heavy atom. The van der Waals surface area contributed by atoms with Crippen LogP contribution in [0.2, 0.25) is 0 Å². The summed E-state index contributed by atoms with van der Waals surface area (Å²) >= 11 is 0. The van der Waals surface area contributed by atoms with E-state index in [1.165, 1.54) is 0 Å². The molecule has 6 nitrogen and oxygen atoms in total. The van der Waals surface area contributed by atoms with Crippen LogP contribution in [0.5, 0.6) is 0 Å². The molecule has 4 rings (SSSR count). The van der Waals surface area contributed by atoms with E-state index in [0.29, 0.717) is 22.7 Å². The number of fused-ring (bicyclic) bond motifs is 1. The van der Waals surface area contributed by atoms with Gasteiger partial charge in [-0.15, -0.1) is 0 Å². The molecular weight excluding hydrogens is 333 g/mol. The van der Waals surface area contributed by atoms with Gasteiger partial charge in [0, 0.05) is 29.0 Å². The molecule has 1 aliphatic carbocycles. The highest BCUT2D eigenvalue weighted by atomic mass is 19.1. The third-order valence-corrected chi connectivity index (χ3v) is 4.57. The Bertz CT molecular complexity index is 1040. The van der Waals surface area contributed by atoms with Gasteiger partial charge >= 0.3 is 0 Å².